The summed E-state index contributed by atoms with van der Waals surface area (Å²) in [7, 11) is 0. The summed E-state index contributed by atoms with van der Waals surface area (Å²) in [6, 6.07) is 0. The fraction of sp³-hybridized carbons (Fsp3) is 1.00. The number of rotatable bonds is 18. The largest absolute Gasteiger partial charge is 0.381 e. The molecule has 0 heterocycles. The predicted molar refractivity (Wildman–Crippen MR) is 93.6 cm³/mol. The van der Waals surface area contributed by atoms with Crippen LogP contribution in [0.1, 0.15) is 89.9 Å². The molecule has 0 aliphatic carbocycles. The molecule has 0 spiro atoms. The molecule has 0 amide bonds. The van der Waals surface area contributed by atoms with Crippen molar-refractivity contribution in [3.63, 3.8) is 0 Å². The summed E-state index contributed by atoms with van der Waals surface area (Å²) in [4.78, 5) is 0. The maximum Gasteiger partial charge on any atom is 0.0466 e. The first-order chi connectivity index (χ1) is 10.4. The molecule has 0 rings (SSSR count). The summed E-state index contributed by atoms with van der Waals surface area (Å²) in [6.45, 7) is 3.61. The summed E-state index contributed by atoms with van der Waals surface area (Å²) >= 11 is 0. The summed E-state index contributed by atoms with van der Waals surface area (Å²) in [6.07, 6.45) is 18.2. The van der Waals surface area contributed by atoms with E-state index in [2.05, 4.69) is 0 Å². The minimum atomic E-state index is 0.849. The van der Waals surface area contributed by atoms with Gasteiger partial charge in [0.15, 0.2) is 0 Å². The van der Waals surface area contributed by atoms with Crippen LogP contribution in [0.15, 0.2) is 0 Å². The van der Waals surface area contributed by atoms with Crippen LogP contribution in [0, 0.1) is 0 Å². The van der Waals surface area contributed by atoms with E-state index in [4.69, 9.17) is 16.2 Å². The lowest BCUT2D eigenvalue weighted by Gasteiger charge is -2.05. The molecule has 0 aliphatic rings. The van der Waals surface area contributed by atoms with Crippen LogP contribution in [0.4, 0.5) is 0 Å². The van der Waals surface area contributed by atoms with Gasteiger partial charge in [-0.3, -0.25) is 0 Å². The minimum Gasteiger partial charge on any atom is -0.381 e. The van der Waals surface area contributed by atoms with Gasteiger partial charge in [-0.05, 0) is 38.8 Å². The molecule has 0 aromatic heterocycles. The van der Waals surface area contributed by atoms with Crippen molar-refractivity contribution in [1.29, 1.82) is 0 Å². The number of unbranched alkanes of at least 4 members (excludes halogenated alkanes) is 12. The van der Waals surface area contributed by atoms with Gasteiger partial charge in [-0.25, -0.2) is 0 Å². The molecule has 0 atom stereocenters. The highest BCUT2D eigenvalue weighted by Gasteiger charge is 1.94. The monoisotopic (exact) mass is 300 g/mol. The van der Waals surface area contributed by atoms with Gasteiger partial charge in [0.05, 0.1) is 0 Å². The Bertz CT molecular complexity index is 159. The molecule has 4 N–H and O–H groups in total. The molecule has 128 valence electrons. The summed E-state index contributed by atoms with van der Waals surface area (Å²) in [5.41, 5.74) is 10.9. The minimum absolute atomic E-state index is 0.849. The predicted octanol–water partition coefficient (Wildman–Crippen LogP) is 4.38. The first-order valence-electron chi connectivity index (χ1n) is 9.39. The Labute approximate surface area is 133 Å². The third kappa shape index (κ3) is 19.9. The molecule has 3 heteroatoms. The van der Waals surface area contributed by atoms with Crippen molar-refractivity contribution in [2.24, 2.45) is 11.5 Å². The SMILES string of the molecule is NCCCCCCCCCOCCCCCCCCCN. The number of ether oxygens (including phenoxy) is 1. The van der Waals surface area contributed by atoms with Gasteiger partial charge in [0.25, 0.3) is 0 Å². The number of hydrogen-bond donors (Lipinski definition) is 2. The van der Waals surface area contributed by atoms with Crippen LogP contribution in [0.3, 0.4) is 0 Å². The highest BCUT2D eigenvalue weighted by molar-refractivity contribution is 4.48. The first kappa shape index (κ1) is 20.9. The quantitative estimate of drug-likeness (QED) is 0.369. The molecular formula is C18H40N2O. The lowest BCUT2D eigenvalue weighted by molar-refractivity contribution is 0.125. The zero-order valence-electron chi connectivity index (χ0n) is 14.3. The van der Waals surface area contributed by atoms with E-state index in [9.17, 15) is 0 Å². The van der Waals surface area contributed by atoms with Crippen LogP contribution in [0.5, 0.6) is 0 Å². The van der Waals surface area contributed by atoms with E-state index in [1.807, 2.05) is 0 Å². The van der Waals surface area contributed by atoms with Crippen LogP contribution in [-0.2, 0) is 4.74 Å². The van der Waals surface area contributed by atoms with Gasteiger partial charge in [-0.1, -0.05) is 64.2 Å². The third-order valence-corrected chi connectivity index (χ3v) is 3.99. The molecule has 0 aromatic carbocycles. The third-order valence-electron chi connectivity index (χ3n) is 3.99. The Morgan fingerprint density at radius 2 is 0.667 bits per heavy atom. The van der Waals surface area contributed by atoms with Crippen LogP contribution in [0.2, 0.25) is 0 Å². The van der Waals surface area contributed by atoms with Gasteiger partial charge in [-0.15, -0.1) is 0 Å². The van der Waals surface area contributed by atoms with Gasteiger partial charge in [0.1, 0.15) is 0 Å². The molecule has 0 aliphatic heterocycles. The molecule has 0 bridgehead atoms. The van der Waals surface area contributed by atoms with Crippen LogP contribution in [0.25, 0.3) is 0 Å². The van der Waals surface area contributed by atoms with Gasteiger partial charge >= 0.3 is 0 Å². The highest BCUT2D eigenvalue weighted by atomic mass is 16.5. The molecule has 0 saturated heterocycles. The highest BCUT2D eigenvalue weighted by Crippen LogP contribution is 2.08. The van der Waals surface area contributed by atoms with E-state index in [1.54, 1.807) is 0 Å². The lowest BCUT2D eigenvalue weighted by Crippen LogP contribution is -1.98. The Balaban J connectivity index is 2.90. The standard InChI is InChI=1S/C18H40N2O/c19-15-11-7-3-1-5-9-13-17-21-18-14-10-6-2-4-8-12-16-20/h1-20H2. The summed E-state index contributed by atoms with van der Waals surface area (Å²) < 4.78 is 5.69. The van der Waals surface area contributed by atoms with E-state index < -0.39 is 0 Å². The summed E-state index contributed by atoms with van der Waals surface area (Å²) in [5, 5.41) is 0. The Kier molecular flexibility index (Phi) is 19.8. The smallest absolute Gasteiger partial charge is 0.0466 e. The van der Waals surface area contributed by atoms with Gasteiger partial charge in [-0.2, -0.15) is 0 Å². The Morgan fingerprint density at radius 1 is 0.381 bits per heavy atom. The maximum absolute atomic E-state index is 5.69. The summed E-state index contributed by atoms with van der Waals surface area (Å²) in [5.74, 6) is 0. The lowest BCUT2D eigenvalue weighted by atomic mass is 10.1. The van der Waals surface area contributed by atoms with Gasteiger partial charge in [0, 0.05) is 13.2 Å². The normalized spacial score (nSPS) is 11.1. The fourth-order valence-electron chi connectivity index (χ4n) is 2.57. The van der Waals surface area contributed by atoms with E-state index >= 15 is 0 Å². The van der Waals surface area contributed by atoms with Gasteiger partial charge < -0.3 is 16.2 Å². The van der Waals surface area contributed by atoms with Crippen LogP contribution >= 0.6 is 0 Å². The van der Waals surface area contributed by atoms with Crippen LogP contribution in [-0.4, -0.2) is 26.3 Å². The Morgan fingerprint density at radius 3 is 1.00 bits per heavy atom. The van der Waals surface area contributed by atoms with Crippen molar-refractivity contribution in [2.75, 3.05) is 26.3 Å². The number of hydrogen-bond acceptors (Lipinski definition) is 3. The molecule has 0 radical (unpaired) electrons. The molecule has 0 saturated carbocycles. The van der Waals surface area contributed by atoms with Crippen molar-refractivity contribution in [3.05, 3.63) is 0 Å². The molecule has 0 fully saturated rings. The zero-order chi connectivity index (χ0) is 15.4. The molecule has 21 heavy (non-hydrogen) atoms. The molecule has 0 aromatic rings. The molecule has 0 unspecified atom stereocenters. The second-order valence-corrected chi connectivity index (χ2v) is 6.14. The van der Waals surface area contributed by atoms with E-state index in [0.717, 1.165) is 26.3 Å². The first-order valence-corrected chi connectivity index (χ1v) is 9.39. The van der Waals surface area contributed by atoms with Crippen molar-refractivity contribution in [3.8, 4) is 0 Å². The number of nitrogens with two attached hydrogens (primary N) is 2. The average molecular weight is 301 g/mol. The second kappa shape index (κ2) is 19.9. The van der Waals surface area contributed by atoms with Crippen molar-refractivity contribution < 1.29 is 4.74 Å². The van der Waals surface area contributed by atoms with Gasteiger partial charge in [0.2, 0.25) is 0 Å². The second-order valence-electron chi connectivity index (χ2n) is 6.14. The topological polar surface area (TPSA) is 61.3 Å². The molecule has 3 nitrogen and oxygen atoms in total. The fourth-order valence-corrected chi connectivity index (χ4v) is 2.57. The van der Waals surface area contributed by atoms with Crippen molar-refractivity contribution in [2.45, 2.75) is 89.9 Å². The van der Waals surface area contributed by atoms with E-state index in [0.29, 0.717) is 0 Å². The van der Waals surface area contributed by atoms with Crippen molar-refractivity contribution >= 4 is 0 Å². The van der Waals surface area contributed by atoms with E-state index in [-0.39, 0.29) is 0 Å². The zero-order valence-corrected chi connectivity index (χ0v) is 14.3. The van der Waals surface area contributed by atoms with Crippen LogP contribution < -0.4 is 11.5 Å². The maximum atomic E-state index is 5.69. The van der Waals surface area contributed by atoms with E-state index in [1.165, 1.54) is 89.9 Å². The molecular weight excluding hydrogens is 260 g/mol. The average Bonchev–Trinajstić information content (AvgIpc) is 2.50. The Hall–Kier alpha value is -0.120. The van der Waals surface area contributed by atoms with Crippen molar-refractivity contribution in [1.82, 2.24) is 0 Å².